The van der Waals surface area contributed by atoms with Crippen molar-refractivity contribution in [2.75, 3.05) is 5.32 Å². The molecule has 0 spiro atoms. The predicted molar refractivity (Wildman–Crippen MR) is 118 cm³/mol. The molecule has 0 fully saturated rings. The molecule has 6 nitrogen and oxygen atoms in total. The standard InChI is InChI=1S/C20H12Cl4N4O2/c21-12-5-6-13(15(23)7-12)18-8-17(27-30-18)20(29)25-19-16(24)10-28(26-19)9-11-3-1-2-4-14(11)22/h1-8,10H,9H2,(H,25,26,29). The van der Waals surface area contributed by atoms with Gasteiger partial charge in [-0.3, -0.25) is 9.48 Å². The highest BCUT2D eigenvalue weighted by Gasteiger charge is 2.18. The molecule has 0 saturated carbocycles. The van der Waals surface area contributed by atoms with E-state index in [1.165, 1.54) is 6.07 Å². The molecule has 4 aromatic rings. The molecule has 1 N–H and O–H groups in total. The predicted octanol–water partition coefficient (Wildman–Crippen LogP) is 6.45. The van der Waals surface area contributed by atoms with Gasteiger partial charge in [0.25, 0.3) is 5.91 Å². The quantitative estimate of drug-likeness (QED) is 0.355. The lowest BCUT2D eigenvalue weighted by Gasteiger charge is -2.04. The van der Waals surface area contributed by atoms with Crippen molar-refractivity contribution in [3.8, 4) is 11.3 Å². The summed E-state index contributed by atoms with van der Waals surface area (Å²) in [6.45, 7) is 0.401. The minimum atomic E-state index is -0.528. The lowest BCUT2D eigenvalue weighted by atomic mass is 10.1. The maximum atomic E-state index is 12.6. The summed E-state index contributed by atoms with van der Waals surface area (Å²) in [5, 5.41) is 12.5. The first-order chi connectivity index (χ1) is 14.4. The SMILES string of the molecule is O=C(Nc1nn(Cc2ccccc2Cl)cc1Cl)c1cc(-c2ccc(Cl)cc2Cl)on1. The zero-order valence-electron chi connectivity index (χ0n) is 15.1. The summed E-state index contributed by atoms with van der Waals surface area (Å²) in [5.41, 5.74) is 1.49. The summed E-state index contributed by atoms with van der Waals surface area (Å²) in [6, 6.07) is 13.8. The summed E-state index contributed by atoms with van der Waals surface area (Å²) in [4.78, 5) is 12.6. The van der Waals surface area contributed by atoms with Gasteiger partial charge in [0.15, 0.2) is 17.3 Å². The molecule has 30 heavy (non-hydrogen) atoms. The largest absolute Gasteiger partial charge is 0.355 e. The van der Waals surface area contributed by atoms with Crippen LogP contribution in [0, 0.1) is 0 Å². The van der Waals surface area contributed by atoms with Crippen LogP contribution in [0.3, 0.4) is 0 Å². The van der Waals surface area contributed by atoms with Crippen LogP contribution < -0.4 is 5.32 Å². The third kappa shape index (κ3) is 4.47. The van der Waals surface area contributed by atoms with Crippen LogP contribution in [0.2, 0.25) is 20.1 Å². The number of rotatable bonds is 5. The van der Waals surface area contributed by atoms with Gasteiger partial charge in [-0.1, -0.05) is 69.8 Å². The third-order valence-electron chi connectivity index (χ3n) is 4.18. The summed E-state index contributed by atoms with van der Waals surface area (Å²) in [5.74, 6) is -0.0000579. The van der Waals surface area contributed by atoms with Gasteiger partial charge < -0.3 is 9.84 Å². The van der Waals surface area contributed by atoms with Gasteiger partial charge in [0.2, 0.25) is 0 Å². The molecule has 4 rings (SSSR count). The van der Waals surface area contributed by atoms with Crippen LogP contribution in [0.1, 0.15) is 16.1 Å². The van der Waals surface area contributed by atoms with Crippen molar-refractivity contribution >= 4 is 58.1 Å². The van der Waals surface area contributed by atoms with Crippen molar-refractivity contribution in [2.45, 2.75) is 6.54 Å². The maximum Gasteiger partial charge on any atom is 0.279 e. The Kier molecular flexibility index (Phi) is 6.01. The van der Waals surface area contributed by atoms with Gasteiger partial charge in [0, 0.05) is 27.9 Å². The molecule has 0 saturated heterocycles. The highest BCUT2D eigenvalue weighted by atomic mass is 35.5. The smallest absolute Gasteiger partial charge is 0.279 e. The first-order valence-corrected chi connectivity index (χ1v) is 10.1. The molecule has 0 aliphatic rings. The number of aromatic nitrogens is 3. The monoisotopic (exact) mass is 480 g/mol. The van der Waals surface area contributed by atoms with Crippen LogP contribution in [0.5, 0.6) is 0 Å². The van der Waals surface area contributed by atoms with Crippen LogP contribution >= 0.6 is 46.4 Å². The fraction of sp³-hybridized carbons (Fsp3) is 0.0500. The third-order valence-corrected chi connectivity index (χ3v) is 5.37. The normalized spacial score (nSPS) is 10.9. The second-order valence-electron chi connectivity index (χ2n) is 6.27. The number of carbonyl (C=O) groups excluding carboxylic acids is 1. The molecule has 0 atom stereocenters. The number of carbonyl (C=O) groups is 1. The van der Waals surface area contributed by atoms with Crippen LogP contribution in [-0.4, -0.2) is 20.8 Å². The van der Waals surface area contributed by atoms with Crippen LogP contribution in [0.15, 0.2) is 59.3 Å². The molecule has 2 heterocycles. The van der Waals surface area contributed by atoms with Crippen LogP contribution in [0.4, 0.5) is 5.82 Å². The lowest BCUT2D eigenvalue weighted by Crippen LogP contribution is -2.13. The Morgan fingerprint density at radius 2 is 1.80 bits per heavy atom. The van der Waals surface area contributed by atoms with Gasteiger partial charge in [-0.25, -0.2) is 0 Å². The minimum absolute atomic E-state index is 0.0488. The number of nitrogens with one attached hydrogen (secondary N) is 1. The first-order valence-electron chi connectivity index (χ1n) is 8.60. The topological polar surface area (TPSA) is 73.0 Å². The molecule has 0 bridgehead atoms. The van der Waals surface area contributed by atoms with Gasteiger partial charge in [-0.15, -0.1) is 0 Å². The first kappa shape index (κ1) is 20.8. The van der Waals surface area contributed by atoms with Gasteiger partial charge >= 0.3 is 0 Å². The molecule has 2 aromatic carbocycles. The molecule has 0 radical (unpaired) electrons. The zero-order chi connectivity index (χ0) is 21.3. The van der Waals surface area contributed by atoms with E-state index in [1.807, 2.05) is 18.2 Å². The Bertz CT molecular complexity index is 1240. The maximum absolute atomic E-state index is 12.6. The number of halogens is 4. The number of amides is 1. The summed E-state index contributed by atoms with van der Waals surface area (Å²) in [7, 11) is 0. The van der Waals surface area contributed by atoms with E-state index in [9.17, 15) is 4.79 Å². The molecule has 0 unspecified atom stereocenters. The number of hydrogen-bond donors (Lipinski definition) is 1. The van der Waals surface area contributed by atoms with Crippen LogP contribution in [0.25, 0.3) is 11.3 Å². The van der Waals surface area contributed by atoms with Gasteiger partial charge in [0.1, 0.15) is 5.02 Å². The average Bonchev–Trinajstić information content (AvgIpc) is 3.31. The van der Waals surface area contributed by atoms with E-state index in [4.69, 9.17) is 50.9 Å². The zero-order valence-corrected chi connectivity index (χ0v) is 18.1. The van der Waals surface area contributed by atoms with Crippen LogP contribution in [-0.2, 0) is 6.54 Å². The summed E-state index contributed by atoms with van der Waals surface area (Å²) in [6.07, 6.45) is 1.60. The van der Waals surface area contributed by atoms with E-state index in [0.29, 0.717) is 32.9 Å². The van der Waals surface area contributed by atoms with Crippen molar-refractivity contribution < 1.29 is 9.32 Å². The Morgan fingerprint density at radius 3 is 2.57 bits per heavy atom. The van der Waals surface area contributed by atoms with Gasteiger partial charge in [0.05, 0.1) is 11.6 Å². The Morgan fingerprint density at radius 1 is 1.00 bits per heavy atom. The molecule has 2 aromatic heterocycles. The van der Waals surface area contributed by atoms with E-state index >= 15 is 0 Å². The van der Waals surface area contributed by atoms with Gasteiger partial charge in [-0.05, 0) is 29.8 Å². The van der Waals surface area contributed by atoms with E-state index in [1.54, 1.807) is 35.1 Å². The fourth-order valence-electron chi connectivity index (χ4n) is 2.73. The van der Waals surface area contributed by atoms with Crippen molar-refractivity contribution in [1.82, 2.24) is 14.9 Å². The van der Waals surface area contributed by atoms with Crippen molar-refractivity contribution in [1.29, 1.82) is 0 Å². The lowest BCUT2D eigenvalue weighted by molar-refractivity contribution is 0.101. The molecule has 0 aliphatic heterocycles. The minimum Gasteiger partial charge on any atom is -0.355 e. The highest BCUT2D eigenvalue weighted by Crippen LogP contribution is 2.31. The number of nitrogens with zero attached hydrogens (tertiary/aromatic N) is 3. The number of hydrogen-bond acceptors (Lipinski definition) is 4. The Hall–Kier alpha value is -2.51. The van der Waals surface area contributed by atoms with Crippen molar-refractivity contribution in [3.05, 3.63) is 86.1 Å². The van der Waals surface area contributed by atoms with E-state index in [-0.39, 0.29) is 16.5 Å². The molecule has 1 amide bonds. The van der Waals surface area contributed by atoms with Crippen molar-refractivity contribution in [3.63, 3.8) is 0 Å². The molecule has 0 aliphatic carbocycles. The molecular weight excluding hydrogens is 470 g/mol. The summed E-state index contributed by atoms with van der Waals surface area (Å²) < 4.78 is 6.83. The number of anilines is 1. The molecular formula is C20H12Cl4N4O2. The fourth-order valence-corrected chi connectivity index (χ4v) is 3.63. The van der Waals surface area contributed by atoms with E-state index < -0.39 is 5.91 Å². The summed E-state index contributed by atoms with van der Waals surface area (Å²) >= 11 is 24.5. The van der Waals surface area contributed by atoms with E-state index in [0.717, 1.165) is 5.56 Å². The molecule has 10 heteroatoms. The van der Waals surface area contributed by atoms with Crippen molar-refractivity contribution in [2.24, 2.45) is 0 Å². The average molecular weight is 482 g/mol. The Balaban J connectivity index is 1.50. The second kappa shape index (κ2) is 8.70. The number of benzene rings is 2. The second-order valence-corrected chi connectivity index (χ2v) is 7.93. The molecule has 152 valence electrons. The Labute approximate surface area is 191 Å². The van der Waals surface area contributed by atoms with E-state index in [2.05, 4.69) is 15.6 Å². The van der Waals surface area contributed by atoms with Gasteiger partial charge in [-0.2, -0.15) is 5.10 Å². The highest BCUT2D eigenvalue weighted by molar-refractivity contribution is 6.36.